The van der Waals surface area contributed by atoms with E-state index in [0.29, 0.717) is 6.61 Å². The Kier molecular flexibility index (Phi) is 5.54. The molecule has 0 unspecified atom stereocenters. The van der Waals surface area contributed by atoms with Crippen molar-refractivity contribution in [1.29, 1.82) is 0 Å². The number of rotatable bonds is 6. The van der Waals surface area contributed by atoms with Gasteiger partial charge in [-0.3, -0.25) is 0 Å². The van der Waals surface area contributed by atoms with Gasteiger partial charge < -0.3 is 4.74 Å². The number of ether oxygens (including phenoxy) is 1. The topological polar surface area (TPSA) is 9.23 Å². The first kappa shape index (κ1) is 16.2. The fraction of sp³-hybridized carbons (Fsp3) is 0.0909. The van der Waals surface area contributed by atoms with Gasteiger partial charge in [0.2, 0.25) is 0 Å². The van der Waals surface area contributed by atoms with E-state index in [1.165, 1.54) is 12.1 Å². The van der Waals surface area contributed by atoms with Crippen molar-refractivity contribution in [1.82, 2.24) is 0 Å². The van der Waals surface area contributed by atoms with Crippen LogP contribution < -0.4 is 0 Å². The van der Waals surface area contributed by atoms with Crippen LogP contribution in [0.25, 0.3) is 6.08 Å². The lowest BCUT2D eigenvalue weighted by Crippen LogP contribution is -2.02. The SMILES string of the molecule is Fc1ccc(CO[C@@H](/C=C/c2ccccc2)c2ccccc2)cc1. The Morgan fingerprint density at radius 3 is 2.08 bits per heavy atom. The minimum atomic E-state index is -0.234. The lowest BCUT2D eigenvalue weighted by Gasteiger charge is -2.15. The third kappa shape index (κ3) is 4.64. The Labute approximate surface area is 142 Å². The molecule has 0 saturated carbocycles. The number of hydrogen-bond donors (Lipinski definition) is 0. The highest BCUT2D eigenvalue weighted by molar-refractivity contribution is 5.50. The van der Waals surface area contributed by atoms with Crippen LogP contribution in [0.4, 0.5) is 4.39 Å². The molecule has 3 aromatic carbocycles. The van der Waals surface area contributed by atoms with Gasteiger partial charge in [0.15, 0.2) is 0 Å². The maximum atomic E-state index is 13.0. The van der Waals surface area contributed by atoms with Crippen molar-refractivity contribution in [2.45, 2.75) is 12.7 Å². The van der Waals surface area contributed by atoms with E-state index in [1.54, 1.807) is 12.1 Å². The highest BCUT2D eigenvalue weighted by Crippen LogP contribution is 2.22. The normalized spacial score (nSPS) is 12.4. The molecule has 3 aromatic rings. The Hall–Kier alpha value is -2.71. The smallest absolute Gasteiger partial charge is 0.123 e. The summed E-state index contributed by atoms with van der Waals surface area (Å²) in [5.41, 5.74) is 3.17. The highest BCUT2D eigenvalue weighted by atomic mass is 19.1. The van der Waals surface area contributed by atoms with Crippen LogP contribution in [0.1, 0.15) is 22.8 Å². The maximum Gasteiger partial charge on any atom is 0.123 e. The first-order chi connectivity index (χ1) is 11.8. The first-order valence-corrected chi connectivity index (χ1v) is 7.95. The number of hydrogen-bond acceptors (Lipinski definition) is 1. The van der Waals surface area contributed by atoms with Crippen LogP contribution in [0, 0.1) is 5.82 Å². The van der Waals surface area contributed by atoms with Gasteiger partial charge in [0, 0.05) is 0 Å². The van der Waals surface area contributed by atoms with Gasteiger partial charge in [-0.1, -0.05) is 84.9 Å². The van der Waals surface area contributed by atoms with E-state index in [1.807, 2.05) is 54.6 Å². The zero-order valence-corrected chi connectivity index (χ0v) is 13.3. The molecule has 0 N–H and O–H groups in total. The molecule has 1 atom stereocenters. The summed E-state index contributed by atoms with van der Waals surface area (Å²) in [6.07, 6.45) is 3.95. The molecule has 0 radical (unpaired) electrons. The van der Waals surface area contributed by atoms with Crippen molar-refractivity contribution in [2.75, 3.05) is 0 Å². The van der Waals surface area contributed by atoms with Crippen LogP contribution in [-0.4, -0.2) is 0 Å². The summed E-state index contributed by atoms with van der Waals surface area (Å²) in [7, 11) is 0. The molecule has 0 heterocycles. The van der Waals surface area contributed by atoms with E-state index in [4.69, 9.17) is 4.74 Å². The molecule has 0 aliphatic carbocycles. The predicted molar refractivity (Wildman–Crippen MR) is 95.8 cm³/mol. The molecule has 0 aliphatic heterocycles. The van der Waals surface area contributed by atoms with Crippen LogP contribution in [0.3, 0.4) is 0 Å². The second kappa shape index (κ2) is 8.23. The minimum Gasteiger partial charge on any atom is -0.365 e. The van der Waals surface area contributed by atoms with Crippen molar-refractivity contribution >= 4 is 6.08 Å². The molecular weight excluding hydrogens is 299 g/mol. The van der Waals surface area contributed by atoms with Gasteiger partial charge in [0.05, 0.1) is 6.61 Å². The lowest BCUT2D eigenvalue weighted by atomic mass is 10.1. The first-order valence-electron chi connectivity index (χ1n) is 7.95. The summed E-state index contributed by atoms with van der Waals surface area (Å²) >= 11 is 0. The molecule has 0 fully saturated rings. The van der Waals surface area contributed by atoms with Gasteiger partial charge in [-0.2, -0.15) is 0 Å². The van der Waals surface area contributed by atoms with Gasteiger partial charge >= 0.3 is 0 Å². The van der Waals surface area contributed by atoms with Gasteiger partial charge in [-0.25, -0.2) is 4.39 Å². The molecule has 0 aromatic heterocycles. The van der Waals surface area contributed by atoms with Gasteiger partial charge in [-0.05, 0) is 28.8 Å². The summed E-state index contributed by atoms with van der Waals surface area (Å²) in [6.45, 7) is 0.430. The van der Waals surface area contributed by atoms with E-state index in [-0.39, 0.29) is 11.9 Å². The Morgan fingerprint density at radius 2 is 1.42 bits per heavy atom. The summed E-state index contributed by atoms with van der Waals surface area (Å²) in [5.74, 6) is -0.234. The van der Waals surface area contributed by atoms with Crippen LogP contribution >= 0.6 is 0 Å². The molecular formula is C22H19FO. The van der Waals surface area contributed by atoms with E-state index in [9.17, 15) is 4.39 Å². The molecule has 0 bridgehead atoms. The summed E-state index contributed by atoms with van der Waals surface area (Å²) in [4.78, 5) is 0. The molecule has 120 valence electrons. The van der Waals surface area contributed by atoms with Gasteiger partial charge in [-0.15, -0.1) is 0 Å². The van der Waals surface area contributed by atoms with E-state index >= 15 is 0 Å². The molecule has 0 saturated heterocycles. The van der Waals surface area contributed by atoms with Crippen molar-refractivity contribution in [2.24, 2.45) is 0 Å². The second-order valence-corrected chi connectivity index (χ2v) is 5.54. The van der Waals surface area contributed by atoms with Crippen molar-refractivity contribution in [3.05, 3.63) is 114 Å². The minimum absolute atomic E-state index is 0.156. The standard InChI is InChI=1S/C22H19FO/c23-21-14-11-19(12-15-21)17-24-22(20-9-5-2-6-10-20)16-13-18-7-3-1-4-8-18/h1-16,22H,17H2/b16-13+/t22-/m0/s1. The number of halogens is 1. The second-order valence-electron chi connectivity index (χ2n) is 5.54. The fourth-order valence-corrected chi connectivity index (χ4v) is 2.43. The van der Waals surface area contributed by atoms with Gasteiger partial charge in [0.1, 0.15) is 11.9 Å². The quantitative estimate of drug-likeness (QED) is 0.558. The predicted octanol–water partition coefficient (Wildman–Crippen LogP) is 5.80. The van der Waals surface area contributed by atoms with E-state index in [2.05, 4.69) is 18.2 Å². The van der Waals surface area contributed by atoms with Crippen LogP contribution in [0.15, 0.2) is 91.0 Å². The van der Waals surface area contributed by atoms with Crippen molar-refractivity contribution in [3.8, 4) is 0 Å². The average molecular weight is 318 g/mol. The summed E-state index contributed by atoms with van der Waals surface area (Å²) < 4.78 is 19.1. The van der Waals surface area contributed by atoms with Crippen LogP contribution in [-0.2, 0) is 11.3 Å². The highest BCUT2D eigenvalue weighted by Gasteiger charge is 2.08. The van der Waals surface area contributed by atoms with Crippen molar-refractivity contribution in [3.63, 3.8) is 0 Å². The van der Waals surface area contributed by atoms with E-state index < -0.39 is 0 Å². The van der Waals surface area contributed by atoms with Crippen LogP contribution in [0.5, 0.6) is 0 Å². The average Bonchev–Trinajstić information content (AvgIpc) is 2.65. The maximum absolute atomic E-state index is 13.0. The lowest BCUT2D eigenvalue weighted by molar-refractivity contribution is 0.0723. The zero-order chi connectivity index (χ0) is 16.6. The Bertz CT molecular complexity index is 764. The number of benzene rings is 3. The molecule has 1 nitrogen and oxygen atoms in total. The zero-order valence-electron chi connectivity index (χ0n) is 13.3. The molecule has 24 heavy (non-hydrogen) atoms. The summed E-state index contributed by atoms with van der Waals surface area (Å²) in [6, 6.07) is 26.6. The molecule has 2 heteroatoms. The van der Waals surface area contributed by atoms with Crippen molar-refractivity contribution < 1.29 is 9.13 Å². The van der Waals surface area contributed by atoms with Gasteiger partial charge in [0.25, 0.3) is 0 Å². The molecule has 3 rings (SSSR count). The third-order valence-electron chi connectivity index (χ3n) is 3.73. The largest absolute Gasteiger partial charge is 0.365 e. The monoisotopic (exact) mass is 318 g/mol. The molecule has 0 spiro atoms. The molecule has 0 amide bonds. The fourth-order valence-electron chi connectivity index (χ4n) is 2.43. The summed E-state index contributed by atoms with van der Waals surface area (Å²) in [5, 5.41) is 0. The Balaban J connectivity index is 1.75. The third-order valence-corrected chi connectivity index (χ3v) is 3.73. The Morgan fingerprint density at radius 1 is 0.792 bits per heavy atom. The van der Waals surface area contributed by atoms with Crippen LogP contribution in [0.2, 0.25) is 0 Å². The van der Waals surface area contributed by atoms with E-state index in [0.717, 1.165) is 16.7 Å². The molecule has 0 aliphatic rings.